The minimum Gasteiger partial charge on any atom is -0.378 e. The molecule has 0 bridgehead atoms. The lowest BCUT2D eigenvalue weighted by molar-refractivity contribution is 0.0988. The van der Waals surface area contributed by atoms with E-state index in [4.69, 9.17) is 5.73 Å². The van der Waals surface area contributed by atoms with Crippen LogP contribution >= 0.6 is 11.8 Å². The molecule has 0 amide bonds. The van der Waals surface area contributed by atoms with E-state index in [9.17, 15) is 9.18 Å². The van der Waals surface area contributed by atoms with Crippen molar-refractivity contribution in [1.82, 2.24) is 4.98 Å². The molecule has 1 aromatic carbocycles. The predicted molar refractivity (Wildman–Crippen MR) is 116 cm³/mol. The van der Waals surface area contributed by atoms with Gasteiger partial charge in [0.05, 0.1) is 0 Å². The van der Waals surface area contributed by atoms with E-state index in [-0.39, 0.29) is 18.0 Å². The van der Waals surface area contributed by atoms with Crippen molar-refractivity contribution >= 4 is 28.3 Å². The van der Waals surface area contributed by atoms with E-state index in [1.807, 2.05) is 24.3 Å². The molecule has 1 aromatic heterocycles. The highest BCUT2D eigenvalue weighted by Gasteiger charge is 2.29. The zero-order valence-corrected chi connectivity index (χ0v) is 16.7. The molecule has 0 fully saturated rings. The van der Waals surface area contributed by atoms with Crippen molar-refractivity contribution in [3.8, 4) is 0 Å². The van der Waals surface area contributed by atoms with E-state index >= 15 is 0 Å². The number of hydrogen-bond donors (Lipinski definition) is 1. The summed E-state index contributed by atoms with van der Waals surface area (Å²) in [5.74, 6) is -0.492. The summed E-state index contributed by atoms with van der Waals surface area (Å²) in [5.41, 5.74) is 8.63. The maximum absolute atomic E-state index is 14.5. The maximum Gasteiger partial charge on any atom is 0.185 e. The number of carbonyl (C=O) groups is 1. The van der Waals surface area contributed by atoms with Crippen LogP contribution in [0.5, 0.6) is 0 Å². The molecule has 29 heavy (non-hydrogen) atoms. The second kappa shape index (κ2) is 7.79. The molecule has 0 saturated heterocycles. The zero-order valence-electron chi connectivity index (χ0n) is 15.9. The molecule has 146 valence electrons. The highest BCUT2D eigenvalue weighted by molar-refractivity contribution is 8.16. The number of thioether (sulfide) groups is 1. The smallest absolute Gasteiger partial charge is 0.185 e. The molecule has 0 spiro atoms. The minimum atomic E-state index is -0.887. The standard InChI is InChI=1S/C23H20FN3OS/c1-23(10-11-29-22(25)27-23)18-12-15(6-8-19(18)24)13-21(28)20-9-7-17(14-26-20)16-4-2-3-5-16/h2-4,6-12,14H,5,13H2,1H3,(H2,25,27)/t23-/m0/s1. The Morgan fingerprint density at radius 2 is 2.17 bits per heavy atom. The van der Waals surface area contributed by atoms with Gasteiger partial charge in [-0.15, -0.1) is 0 Å². The van der Waals surface area contributed by atoms with Crippen LogP contribution in [-0.2, 0) is 12.0 Å². The number of rotatable bonds is 5. The van der Waals surface area contributed by atoms with Crippen LogP contribution in [-0.4, -0.2) is 15.9 Å². The number of benzene rings is 1. The first-order valence-corrected chi connectivity index (χ1v) is 10.2. The topological polar surface area (TPSA) is 68.3 Å². The number of ketones is 1. The summed E-state index contributed by atoms with van der Waals surface area (Å²) in [7, 11) is 0. The Balaban J connectivity index is 1.54. The van der Waals surface area contributed by atoms with Crippen LogP contribution in [0.4, 0.5) is 4.39 Å². The van der Waals surface area contributed by atoms with Gasteiger partial charge in [-0.2, -0.15) is 0 Å². The van der Waals surface area contributed by atoms with Gasteiger partial charge in [0.1, 0.15) is 17.1 Å². The van der Waals surface area contributed by atoms with Gasteiger partial charge in [0.25, 0.3) is 0 Å². The van der Waals surface area contributed by atoms with Gasteiger partial charge in [-0.3, -0.25) is 9.78 Å². The summed E-state index contributed by atoms with van der Waals surface area (Å²) >= 11 is 1.30. The Labute approximate surface area is 173 Å². The molecule has 0 radical (unpaired) electrons. The number of amidine groups is 1. The number of allylic oxidation sites excluding steroid dienone is 4. The molecule has 0 unspecified atom stereocenters. The zero-order chi connectivity index (χ0) is 20.4. The third-order valence-corrected chi connectivity index (χ3v) is 5.66. The molecule has 6 heteroatoms. The van der Waals surface area contributed by atoms with E-state index in [0.29, 0.717) is 22.0 Å². The van der Waals surface area contributed by atoms with E-state index in [2.05, 4.69) is 16.1 Å². The van der Waals surface area contributed by atoms with Crippen LogP contribution < -0.4 is 5.73 Å². The fourth-order valence-corrected chi connectivity index (χ4v) is 4.15. The third-order valence-electron chi connectivity index (χ3n) is 5.06. The summed E-state index contributed by atoms with van der Waals surface area (Å²) in [4.78, 5) is 21.4. The lowest BCUT2D eigenvalue weighted by Crippen LogP contribution is -2.25. The Bertz CT molecular complexity index is 1090. The number of aliphatic imine (C=N–C) groups is 1. The first-order valence-electron chi connectivity index (χ1n) is 9.28. The lowest BCUT2D eigenvalue weighted by Gasteiger charge is -2.26. The molecule has 1 atom stereocenters. The number of hydrogen-bond acceptors (Lipinski definition) is 5. The van der Waals surface area contributed by atoms with E-state index < -0.39 is 5.54 Å². The van der Waals surface area contributed by atoms with Crippen LogP contribution in [0.1, 0.15) is 40.5 Å². The van der Waals surface area contributed by atoms with Crippen LogP contribution in [0.2, 0.25) is 0 Å². The van der Waals surface area contributed by atoms with Gasteiger partial charge in [-0.1, -0.05) is 42.1 Å². The molecule has 2 aromatic rings. The first-order chi connectivity index (χ1) is 13.9. The van der Waals surface area contributed by atoms with Gasteiger partial charge in [0.15, 0.2) is 11.0 Å². The van der Waals surface area contributed by atoms with E-state index in [0.717, 1.165) is 12.0 Å². The van der Waals surface area contributed by atoms with Crippen LogP contribution in [0.3, 0.4) is 0 Å². The minimum absolute atomic E-state index is 0.115. The largest absolute Gasteiger partial charge is 0.378 e. The molecule has 4 nitrogen and oxygen atoms in total. The molecule has 4 rings (SSSR count). The van der Waals surface area contributed by atoms with Crippen molar-refractivity contribution < 1.29 is 9.18 Å². The third kappa shape index (κ3) is 4.07. The Kier molecular flexibility index (Phi) is 5.20. The van der Waals surface area contributed by atoms with E-state index in [1.54, 1.807) is 36.7 Å². The van der Waals surface area contributed by atoms with Crippen LogP contribution in [0.25, 0.3) is 5.57 Å². The molecule has 1 aliphatic heterocycles. The quantitative estimate of drug-likeness (QED) is 0.727. The summed E-state index contributed by atoms with van der Waals surface area (Å²) < 4.78 is 14.5. The molecule has 2 heterocycles. The molecule has 1 aliphatic carbocycles. The SMILES string of the molecule is C[C@@]1(c2cc(CC(=O)c3ccc(C4=CC=CC4)cn3)ccc2F)C=CSC(N)=N1. The van der Waals surface area contributed by atoms with Crippen LogP contribution in [0.15, 0.2) is 71.2 Å². The number of carbonyl (C=O) groups excluding carboxylic acids is 1. The molecule has 2 N–H and O–H groups in total. The maximum atomic E-state index is 14.5. The van der Waals surface area contributed by atoms with Crippen LogP contribution in [0, 0.1) is 5.82 Å². The Hall–Kier alpha value is -2.99. The molecule has 0 saturated carbocycles. The number of halogens is 1. The van der Waals surface area contributed by atoms with Gasteiger partial charge in [0, 0.05) is 18.2 Å². The van der Waals surface area contributed by atoms with Crippen molar-refractivity contribution in [2.24, 2.45) is 10.7 Å². The average molecular weight is 405 g/mol. The van der Waals surface area contributed by atoms with Gasteiger partial charge in [0.2, 0.25) is 0 Å². The Morgan fingerprint density at radius 1 is 1.31 bits per heavy atom. The van der Waals surface area contributed by atoms with Gasteiger partial charge in [-0.25, -0.2) is 9.38 Å². The van der Waals surface area contributed by atoms with Gasteiger partial charge >= 0.3 is 0 Å². The molecule has 2 aliphatic rings. The van der Waals surface area contributed by atoms with Crippen molar-refractivity contribution in [2.45, 2.75) is 25.3 Å². The fraction of sp³-hybridized carbons (Fsp3) is 0.174. The number of pyridine rings is 1. The molecular formula is C23H20FN3OS. The number of nitrogens with two attached hydrogens (primary N) is 1. The van der Waals surface area contributed by atoms with Crippen molar-refractivity contribution in [3.05, 3.63) is 94.4 Å². The highest BCUT2D eigenvalue weighted by atomic mass is 32.2. The number of aromatic nitrogens is 1. The summed E-state index contributed by atoms with van der Waals surface area (Å²) in [6, 6.07) is 8.35. The first kappa shape index (κ1) is 19.3. The van der Waals surface area contributed by atoms with Crippen molar-refractivity contribution in [1.29, 1.82) is 0 Å². The second-order valence-electron chi connectivity index (χ2n) is 7.19. The monoisotopic (exact) mass is 405 g/mol. The lowest BCUT2D eigenvalue weighted by atomic mass is 9.90. The van der Waals surface area contributed by atoms with Crippen molar-refractivity contribution in [2.75, 3.05) is 0 Å². The molecular weight excluding hydrogens is 385 g/mol. The summed E-state index contributed by atoms with van der Waals surface area (Å²) in [5, 5.41) is 2.19. The average Bonchev–Trinajstić information content (AvgIpc) is 3.24. The second-order valence-corrected chi connectivity index (χ2v) is 8.11. The predicted octanol–water partition coefficient (Wildman–Crippen LogP) is 4.78. The number of nitrogens with zero attached hydrogens (tertiary/aromatic N) is 2. The fourth-order valence-electron chi connectivity index (χ4n) is 3.44. The van der Waals surface area contributed by atoms with Gasteiger partial charge in [-0.05, 0) is 59.7 Å². The Morgan fingerprint density at radius 3 is 2.86 bits per heavy atom. The van der Waals surface area contributed by atoms with Gasteiger partial charge < -0.3 is 5.73 Å². The normalized spacial score (nSPS) is 20.5. The highest BCUT2D eigenvalue weighted by Crippen LogP contribution is 2.34. The number of Topliss-reactive ketones (excluding diaryl/α,β-unsaturated/α-hetero) is 1. The summed E-state index contributed by atoms with van der Waals surface area (Å²) in [6.07, 6.45) is 10.7. The van der Waals surface area contributed by atoms with E-state index in [1.165, 1.54) is 23.4 Å². The summed E-state index contributed by atoms with van der Waals surface area (Å²) in [6.45, 7) is 1.80. The van der Waals surface area contributed by atoms with Crippen molar-refractivity contribution in [3.63, 3.8) is 0 Å².